The summed E-state index contributed by atoms with van der Waals surface area (Å²) < 4.78 is 63.7. The Labute approximate surface area is 190 Å². The van der Waals surface area contributed by atoms with Crippen LogP contribution in [0.2, 0.25) is 0 Å². The van der Waals surface area contributed by atoms with Crippen molar-refractivity contribution in [3.8, 4) is 16.9 Å². The minimum absolute atomic E-state index is 0.119. The Bertz CT molecular complexity index is 1150. The lowest BCUT2D eigenvalue weighted by Gasteiger charge is -2.13. The molecule has 3 rings (SSSR count). The highest BCUT2D eigenvalue weighted by Crippen LogP contribution is 2.32. The Morgan fingerprint density at radius 1 is 0.912 bits per heavy atom. The third kappa shape index (κ3) is 7.55. The van der Waals surface area contributed by atoms with E-state index in [2.05, 4.69) is 5.32 Å². The smallest absolute Gasteiger partial charge is 0.475 e. The fraction of sp³-hybridized carbons (Fsp3) is 0.130. The van der Waals surface area contributed by atoms with E-state index in [1.54, 1.807) is 12.1 Å². The van der Waals surface area contributed by atoms with Crippen LogP contribution in [-0.2, 0) is 17.9 Å². The van der Waals surface area contributed by atoms with Gasteiger partial charge in [0.2, 0.25) is 0 Å². The Morgan fingerprint density at radius 2 is 1.50 bits per heavy atom. The number of ether oxygens (including phenoxy) is 1. The average molecular weight is 482 g/mol. The normalized spacial score (nSPS) is 10.6. The van der Waals surface area contributed by atoms with Gasteiger partial charge in [0.25, 0.3) is 0 Å². The Hall–Kier alpha value is -3.99. The molecule has 4 N–H and O–H groups in total. The number of nitrogens with two attached hydrogens (primary N) is 1. The average Bonchev–Trinajstić information content (AvgIpc) is 2.78. The molecule has 0 aliphatic rings. The molecule has 11 heteroatoms. The molecule has 6 nitrogen and oxygen atoms in total. The molecule has 1 amide bonds. The predicted octanol–water partition coefficient (Wildman–Crippen LogP) is 5.01. The molecule has 34 heavy (non-hydrogen) atoms. The van der Waals surface area contributed by atoms with E-state index in [4.69, 9.17) is 20.4 Å². The molecule has 0 atom stereocenters. The zero-order valence-electron chi connectivity index (χ0n) is 17.4. The summed E-state index contributed by atoms with van der Waals surface area (Å²) in [6.07, 6.45) is -5.82. The standard InChI is InChI=1S/C21H18F2N2O2.C2HF3O2/c22-16-10-9-15(19(23)11-16)13-25-21(26)27-20-8-4-3-7-18(20)17-6-2-1-5-14(17)12-24;3-2(4,5)1(6)7/h1-11H,12-13,24H2,(H,25,26);(H,6,7). The second-order valence-corrected chi connectivity index (χ2v) is 6.64. The summed E-state index contributed by atoms with van der Waals surface area (Å²) in [5.74, 6) is -3.80. The number of hydrogen-bond acceptors (Lipinski definition) is 4. The second kappa shape index (κ2) is 11.8. The number of carbonyl (C=O) groups excluding carboxylic acids is 1. The number of carboxylic acids is 1. The number of alkyl halides is 3. The molecular formula is C23H19F5N2O4. The lowest BCUT2D eigenvalue weighted by atomic mass is 9.99. The van der Waals surface area contributed by atoms with Crippen molar-refractivity contribution in [2.75, 3.05) is 0 Å². The van der Waals surface area contributed by atoms with E-state index in [1.807, 2.05) is 36.4 Å². The monoisotopic (exact) mass is 482 g/mol. The maximum absolute atomic E-state index is 13.7. The molecular weight excluding hydrogens is 463 g/mol. The molecule has 0 heterocycles. The summed E-state index contributed by atoms with van der Waals surface area (Å²) in [6, 6.07) is 17.8. The van der Waals surface area contributed by atoms with Crippen LogP contribution in [0.25, 0.3) is 11.1 Å². The van der Waals surface area contributed by atoms with E-state index in [-0.39, 0.29) is 12.1 Å². The highest BCUT2D eigenvalue weighted by molar-refractivity contribution is 5.78. The largest absolute Gasteiger partial charge is 0.490 e. The number of amides is 1. The van der Waals surface area contributed by atoms with Gasteiger partial charge in [-0.1, -0.05) is 48.5 Å². The van der Waals surface area contributed by atoms with E-state index in [0.717, 1.165) is 28.8 Å². The Balaban J connectivity index is 0.000000509. The van der Waals surface area contributed by atoms with Crippen molar-refractivity contribution in [3.63, 3.8) is 0 Å². The molecule has 180 valence electrons. The quantitative estimate of drug-likeness (QED) is 0.444. The maximum atomic E-state index is 13.7. The first kappa shape index (κ1) is 26.3. The van der Waals surface area contributed by atoms with Gasteiger partial charge in [-0.2, -0.15) is 13.2 Å². The number of aliphatic carboxylic acids is 1. The van der Waals surface area contributed by atoms with Gasteiger partial charge in [-0.15, -0.1) is 0 Å². The number of nitrogens with one attached hydrogen (secondary N) is 1. The fourth-order valence-corrected chi connectivity index (χ4v) is 2.71. The molecule has 3 aromatic carbocycles. The van der Waals surface area contributed by atoms with Gasteiger partial charge >= 0.3 is 18.2 Å². The molecule has 0 saturated carbocycles. The second-order valence-electron chi connectivity index (χ2n) is 6.64. The van der Waals surface area contributed by atoms with Crippen molar-refractivity contribution in [1.82, 2.24) is 5.32 Å². The van der Waals surface area contributed by atoms with Crippen LogP contribution in [0.4, 0.5) is 26.7 Å². The van der Waals surface area contributed by atoms with E-state index in [9.17, 15) is 26.7 Å². The Kier molecular flexibility index (Phi) is 9.08. The van der Waals surface area contributed by atoms with Gasteiger partial charge < -0.3 is 20.9 Å². The van der Waals surface area contributed by atoms with Gasteiger partial charge in [-0.3, -0.25) is 0 Å². The van der Waals surface area contributed by atoms with Crippen molar-refractivity contribution in [2.24, 2.45) is 5.73 Å². The van der Waals surface area contributed by atoms with Gasteiger partial charge in [0, 0.05) is 30.3 Å². The highest BCUT2D eigenvalue weighted by Gasteiger charge is 2.38. The van der Waals surface area contributed by atoms with Gasteiger partial charge in [0.05, 0.1) is 0 Å². The lowest BCUT2D eigenvalue weighted by Crippen LogP contribution is -2.26. The van der Waals surface area contributed by atoms with Gasteiger partial charge in [0.15, 0.2) is 0 Å². The van der Waals surface area contributed by atoms with Crippen molar-refractivity contribution >= 4 is 12.1 Å². The van der Waals surface area contributed by atoms with Crippen LogP contribution >= 0.6 is 0 Å². The summed E-state index contributed by atoms with van der Waals surface area (Å²) >= 11 is 0. The minimum Gasteiger partial charge on any atom is -0.475 e. The summed E-state index contributed by atoms with van der Waals surface area (Å²) in [5, 5.41) is 9.59. The van der Waals surface area contributed by atoms with Crippen molar-refractivity contribution in [3.05, 3.63) is 89.5 Å². The van der Waals surface area contributed by atoms with Gasteiger partial charge in [-0.25, -0.2) is 18.4 Å². The molecule has 0 unspecified atom stereocenters. The van der Waals surface area contributed by atoms with Crippen LogP contribution in [0, 0.1) is 11.6 Å². The van der Waals surface area contributed by atoms with Crippen LogP contribution in [0.1, 0.15) is 11.1 Å². The van der Waals surface area contributed by atoms with Gasteiger partial charge in [-0.05, 0) is 23.3 Å². The van der Waals surface area contributed by atoms with E-state index >= 15 is 0 Å². The fourth-order valence-electron chi connectivity index (χ4n) is 2.71. The zero-order chi connectivity index (χ0) is 25.3. The molecule has 0 fully saturated rings. The molecule has 0 spiro atoms. The SMILES string of the molecule is NCc1ccccc1-c1ccccc1OC(=O)NCc1ccc(F)cc1F.O=C(O)C(F)(F)F. The van der Waals surface area contributed by atoms with Crippen LogP contribution in [-0.4, -0.2) is 23.3 Å². The predicted molar refractivity (Wildman–Crippen MR) is 113 cm³/mol. The summed E-state index contributed by atoms with van der Waals surface area (Å²) in [5.41, 5.74) is 8.47. The number of hydrogen-bond donors (Lipinski definition) is 3. The number of carbonyl (C=O) groups is 2. The lowest BCUT2D eigenvalue weighted by molar-refractivity contribution is -0.192. The number of rotatable bonds is 5. The number of para-hydroxylation sites is 1. The molecule has 0 aliphatic heterocycles. The Morgan fingerprint density at radius 3 is 2.09 bits per heavy atom. The van der Waals surface area contributed by atoms with Gasteiger partial charge in [0.1, 0.15) is 17.4 Å². The molecule has 0 aromatic heterocycles. The number of carboxylic acid groups (broad SMARTS) is 1. The first-order valence-electron chi connectivity index (χ1n) is 9.60. The first-order valence-corrected chi connectivity index (χ1v) is 9.60. The molecule has 0 aliphatic carbocycles. The number of benzene rings is 3. The van der Waals surface area contributed by atoms with Crippen LogP contribution < -0.4 is 15.8 Å². The third-order valence-electron chi connectivity index (χ3n) is 4.30. The summed E-state index contributed by atoms with van der Waals surface area (Å²) in [7, 11) is 0. The van der Waals surface area contributed by atoms with Crippen LogP contribution in [0.5, 0.6) is 5.75 Å². The molecule has 3 aromatic rings. The summed E-state index contributed by atoms with van der Waals surface area (Å²) in [6.45, 7) is 0.229. The van der Waals surface area contributed by atoms with Crippen LogP contribution in [0.15, 0.2) is 66.7 Å². The maximum Gasteiger partial charge on any atom is 0.490 e. The summed E-state index contributed by atoms with van der Waals surface area (Å²) in [4.78, 5) is 21.0. The topological polar surface area (TPSA) is 102 Å². The zero-order valence-corrected chi connectivity index (χ0v) is 17.4. The minimum atomic E-state index is -5.08. The van der Waals surface area contributed by atoms with E-state index in [1.165, 1.54) is 6.07 Å². The third-order valence-corrected chi connectivity index (χ3v) is 4.30. The van der Waals surface area contributed by atoms with Crippen molar-refractivity contribution in [1.29, 1.82) is 0 Å². The highest BCUT2D eigenvalue weighted by atomic mass is 19.4. The van der Waals surface area contributed by atoms with E-state index < -0.39 is 29.9 Å². The van der Waals surface area contributed by atoms with Crippen molar-refractivity contribution < 1.29 is 41.4 Å². The van der Waals surface area contributed by atoms with E-state index in [0.29, 0.717) is 12.3 Å². The van der Waals surface area contributed by atoms with Crippen LogP contribution in [0.3, 0.4) is 0 Å². The number of halogens is 5. The molecule has 0 bridgehead atoms. The van der Waals surface area contributed by atoms with Crippen molar-refractivity contribution in [2.45, 2.75) is 19.3 Å². The molecule has 0 radical (unpaired) electrons. The molecule has 0 saturated heterocycles. The first-order chi connectivity index (χ1) is 16.0.